The number of rotatable bonds is 2. The van der Waals surface area contributed by atoms with Gasteiger partial charge in [-0.25, -0.2) is 0 Å². The van der Waals surface area contributed by atoms with E-state index in [4.69, 9.17) is 5.26 Å². The normalized spacial score (nSPS) is 25.7. The van der Waals surface area contributed by atoms with Crippen LogP contribution >= 0.6 is 0 Å². The Morgan fingerprint density at radius 1 is 1.05 bits per heavy atom. The minimum Gasteiger partial charge on any atom is -0.192 e. The van der Waals surface area contributed by atoms with E-state index in [0.29, 0.717) is 5.92 Å². The van der Waals surface area contributed by atoms with E-state index >= 15 is 0 Å². The lowest BCUT2D eigenvalue weighted by atomic mass is 9.72. The van der Waals surface area contributed by atoms with Gasteiger partial charge in [-0.15, -0.1) is 0 Å². The molecule has 0 N–H and O–H groups in total. The fraction of sp³-hybridized carbons (Fsp3) is 0.450. The van der Waals surface area contributed by atoms with Crippen molar-refractivity contribution in [1.29, 1.82) is 5.26 Å². The molecule has 108 valence electrons. The summed E-state index contributed by atoms with van der Waals surface area (Å²) in [5.41, 5.74) is 5.66. The van der Waals surface area contributed by atoms with Gasteiger partial charge in [0.15, 0.2) is 0 Å². The highest BCUT2D eigenvalue weighted by Crippen LogP contribution is 2.43. The second-order valence-electron chi connectivity index (χ2n) is 6.41. The van der Waals surface area contributed by atoms with Crippen molar-refractivity contribution >= 4 is 0 Å². The van der Waals surface area contributed by atoms with Crippen LogP contribution < -0.4 is 0 Å². The van der Waals surface area contributed by atoms with Gasteiger partial charge in [-0.1, -0.05) is 35.4 Å². The summed E-state index contributed by atoms with van der Waals surface area (Å²) in [6.07, 6.45) is 12.3. The first kappa shape index (κ1) is 14.1. The molecule has 2 atom stereocenters. The van der Waals surface area contributed by atoms with Gasteiger partial charge in [-0.2, -0.15) is 5.26 Å². The van der Waals surface area contributed by atoms with E-state index in [-0.39, 0.29) is 0 Å². The van der Waals surface area contributed by atoms with Crippen LogP contribution in [0.1, 0.15) is 62.5 Å². The van der Waals surface area contributed by atoms with Gasteiger partial charge in [-0.3, -0.25) is 0 Å². The minimum atomic E-state index is 0.662. The molecule has 0 saturated heterocycles. The Labute approximate surface area is 128 Å². The summed E-state index contributed by atoms with van der Waals surface area (Å²) in [5, 5.41) is 8.90. The second kappa shape index (κ2) is 6.31. The highest BCUT2D eigenvalue weighted by Gasteiger charge is 2.26. The van der Waals surface area contributed by atoms with Gasteiger partial charge >= 0.3 is 0 Å². The molecule has 1 aromatic rings. The van der Waals surface area contributed by atoms with Gasteiger partial charge in [0.2, 0.25) is 0 Å². The predicted molar refractivity (Wildman–Crippen MR) is 86.9 cm³/mol. The second-order valence-corrected chi connectivity index (χ2v) is 6.41. The van der Waals surface area contributed by atoms with E-state index in [0.717, 1.165) is 11.5 Å². The van der Waals surface area contributed by atoms with Crippen molar-refractivity contribution in [2.24, 2.45) is 5.92 Å². The molecule has 0 saturated carbocycles. The Bertz CT molecular complexity index is 598. The van der Waals surface area contributed by atoms with Crippen molar-refractivity contribution in [2.45, 2.75) is 51.4 Å². The molecule has 1 nitrogen and oxygen atoms in total. The molecular formula is C20H23N. The average molecular weight is 277 g/mol. The summed E-state index contributed by atoms with van der Waals surface area (Å²) in [6, 6.07) is 10.4. The van der Waals surface area contributed by atoms with E-state index in [1.165, 1.54) is 44.1 Å². The number of nitriles is 1. The molecule has 1 heteroatoms. The third-order valence-corrected chi connectivity index (χ3v) is 5.09. The summed E-state index contributed by atoms with van der Waals surface area (Å²) >= 11 is 0. The van der Waals surface area contributed by atoms with Gasteiger partial charge in [0.25, 0.3) is 0 Å². The highest BCUT2D eigenvalue weighted by atomic mass is 14.3. The molecule has 0 aromatic heterocycles. The predicted octanol–water partition coefficient (Wildman–Crippen LogP) is 5.50. The fourth-order valence-electron chi connectivity index (χ4n) is 3.92. The lowest BCUT2D eigenvalue weighted by Crippen LogP contribution is -2.16. The van der Waals surface area contributed by atoms with Gasteiger partial charge in [0, 0.05) is 0 Å². The third-order valence-electron chi connectivity index (χ3n) is 5.09. The molecule has 2 aliphatic carbocycles. The number of nitrogens with zero attached hydrogens (tertiary/aromatic N) is 1. The number of allylic oxidation sites excluding steroid dienone is 4. The molecule has 0 aliphatic heterocycles. The monoisotopic (exact) mass is 277 g/mol. The Morgan fingerprint density at radius 3 is 2.48 bits per heavy atom. The molecule has 3 rings (SSSR count). The zero-order chi connectivity index (χ0) is 14.7. The zero-order valence-electron chi connectivity index (χ0n) is 12.8. The molecule has 2 aliphatic rings. The van der Waals surface area contributed by atoms with Crippen LogP contribution in [0.25, 0.3) is 0 Å². The molecule has 0 fully saturated rings. The standard InChI is InChI=1S/C20H23N/c1-2-3-15-4-9-20-13-19(11-10-18(20)12-15)17-7-5-16(14-21)6-8-17/h2-3,5-8,15,19H,4,9-13H2,1H3. The third kappa shape index (κ3) is 3.10. The average Bonchev–Trinajstić information content (AvgIpc) is 2.55. The summed E-state index contributed by atoms with van der Waals surface area (Å²) in [4.78, 5) is 0. The molecule has 1 aromatic carbocycles. The van der Waals surface area contributed by atoms with Crippen LogP contribution in [0.2, 0.25) is 0 Å². The van der Waals surface area contributed by atoms with Crippen LogP contribution in [0.3, 0.4) is 0 Å². The maximum atomic E-state index is 8.90. The Morgan fingerprint density at radius 2 is 1.76 bits per heavy atom. The molecule has 0 bridgehead atoms. The number of hydrogen-bond acceptors (Lipinski definition) is 1. The van der Waals surface area contributed by atoms with Gasteiger partial charge in [0.05, 0.1) is 11.6 Å². The van der Waals surface area contributed by atoms with Gasteiger partial charge in [-0.05, 0) is 75.0 Å². The largest absolute Gasteiger partial charge is 0.192 e. The van der Waals surface area contributed by atoms with Crippen molar-refractivity contribution < 1.29 is 0 Å². The Kier molecular flexibility index (Phi) is 4.25. The van der Waals surface area contributed by atoms with Gasteiger partial charge in [0.1, 0.15) is 0 Å². The van der Waals surface area contributed by atoms with Crippen molar-refractivity contribution in [3.05, 3.63) is 58.7 Å². The van der Waals surface area contributed by atoms with Crippen LogP contribution in [0, 0.1) is 17.2 Å². The van der Waals surface area contributed by atoms with Gasteiger partial charge < -0.3 is 0 Å². The molecule has 2 unspecified atom stereocenters. The van der Waals surface area contributed by atoms with Crippen molar-refractivity contribution in [1.82, 2.24) is 0 Å². The first-order valence-corrected chi connectivity index (χ1v) is 8.12. The first-order valence-electron chi connectivity index (χ1n) is 8.12. The molecule has 0 heterocycles. The van der Waals surface area contributed by atoms with E-state index < -0.39 is 0 Å². The van der Waals surface area contributed by atoms with Crippen molar-refractivity contribution in [3.8, 4) is 6.07 Å². The van der Waals surface area contributed by atoms with Crippen LogP contribution in [0.5, 0.6) is 0 Å². The van der Waals surface area contributed by atoms with Crippen LogP contribution in [-0.2, 0) is 0 Å². The fourth-order valence-corrected chi connectivity index (χ4v) is 3.92. The lowest BCUT2D eigenvalue weighted by Gasteiger charge is -2.33. The van der Waals surface area contributed by atoms with Crippen LogP contribution in [0.15, 0.2) is 47.6 Å². The van der Waals surface area contributed by atoms with E-state index in [9.17, 15) is 0 Å². The summed E-state index contributed by atoms with van der Waals surface area (Å²) < 4.78 is 0. The molecular weight excluding hydrogens is 254 g/mol. The zero-order valence-corrected chi connectivity index (χ0v) is 12.8. The maximum absolute atomic E-state index is 8.90. The maximum Gasteiger partial charge on any atom is 0.0991 e. The highest BCUT2D eigenvalue weighted by molar-refractivity contribution is 5.35. The molecule has 21 heavy (non-hydrogen) atoms. The van der Waals surface area contributed by atoms with Crippen molar-refractivity contribution in [3.63, 3.8) is 0 Å². The number of hydrogen-bond donors (Lipinski definition) is 0. The summed E-state index contributed by atoms with van der Waals surface area (Å²) in [5.74, 6) is 1.44. The lowest BCUT2D eigenvalue weighted by molar-refractivity contribution is 0.462. The SMILES string of the molecule is CC=CC1CCC2=C(CCC(c3ccc(C#N)cc3)C2)C1. The van der Waals surface area contributed by atoms with Crippen LogP contribution in [0.4, 0.5) is 0 Å². The smallest absolute Gasteiger partial charge is 0.0991 e. The molecule has 0 spiro atoms. The van der Waals surface area contributed by atoms with E-state index in [1.54, 1.807) is 11.1 Å². The van der Waals surface area contributed by atoms with E-state index in [1.807, 2.05) is 12.1 Å². The molecule has 0 radical (unpaired) electrons. The Hall–Kier alpha value is -1.81. The minimum absolute atomic E-state index is 0.662. The summed E-state index contributed by atoms with van der Waals surface area (Å²) in [6.45, 7) is 2.13. The Balaban J connectivity index is 1.72. The molecule has 0 amide bonds. The number of benzene rings is 1. The van der Waals surface area contributed by atoms with E-state index in [2.05, 4.69) is 37.3 Å². The topological polar surface area (TPSA) is 23.8 Å². The first-order chi connectivity index (χ1) is 10.3. The summed E-state index contributed by atoms with van der Waals surface area (Å²) in [7, 11) is 0. The quantitative estimate of drug-likeness (QED) is 0.655. The van der Waals surface area contributed by atoms with Crippen LogP contribution in [-0.4, -0.2) is 0 Å². The van der Waals surface area contributed by atoms with Crippen molar-refractivity contribution in [2.75, 3.05) is 0 Å².